The molecule has 0 aromatic heterocycles. The van der Waals surface area contributed by atoms with Crippen LogP contribution in [0.25, 0.3) is 0 Å². The Kier molecular flexibility index (Phi) is 1.96. The molecule has 0 fully saturated rings. The highest BCUT2D eigenvalue weighted by molar-refractivity contribution is 5.92. The highest BCUT2D eigenvalue weighted by atomic mass is 16.7. The molecule has 0 bridgehead atoms. The van der Waals surface area contributed by atoms with E-state index in [-0.39, 0.29) is 5.97 Å². The molecule has 1 aliphatic rings. The normalized spacial score (nSPS) is 21.4. The van der Waals surface area contributed by atoms with Gasteiger partial charge < -0.3 is 9.47 Å². The summed E-state index contributed by atoms with van der Waals surface area (Å²) in [6.07, 6.45) is 1.44. The second-order valence-corrected chi connectivity index (χ2v) is 3.07. The SMILES string of the molecule is C=CC1=C(C)OC(C)(C)OC1=O. The molecular formula is C9H12O3. The van der Waals surface area contributed by atoms with Gasteiger partial charge in [0.05, 0.1) is 5.57 Å². The fraction of sp³-hybridized carbons (Fsp3) is 0.444. The third-order valence-electron chi connectivity index (χ3n) is 1.54. The van der Waals surface area contributed by atoms with Gasteiger partial charge in [-0.05, 0) is 6.92 Å². The first kappa shape index (κ1) is 8.84. The lowest BCUT2D eigenvalue weighted by Gasteiger charge is -2.31. The van der Waals surface area contributed by atoms with Crippen molar-refractivity contribution in [2.75, 3.05) is 0 Å². The Morgan fingerprint density at radius 2 is 2.00 bits per heavy atom. The standard InChI is InChI=1S/C9H12O3/c1-5-7-6(2)11-9(3,4)12-8(7)10/h5H,1H2,2-4H3. The molecule has 0 aliphatic carbocycles. The molecule has 0 N–H and O–H groups in total. The monoisotopic (exact) mass is 168 g/mol. The average Bonchev–Trinajstić information content (AvgIpc) is 1.82. The van der Waals surface area contributed by atoms with Crippen LogP contribution in [-0.4, -0.2) is 11.8 Å². The minimum absolute atomic E-state index is 0.376. The number of esters is 1. The highest BCUT2D eigenvalue weighted by Gasteiger charge is 2.32. The predicted octanol–water partition coefficient (Wildman–Crippen LogP) is 1.76. The average molecular weight is 168 g/mol. The van der Waals surface area contributed by atoms with Crippen LogP contribution in [0.4, 0.5) is 0 Å². The van der Waals surface area contributed by atoms with Gasteiger partial charge in [0.1, 0.15) is 5.76 Å². The topological polar surface area (TPSA) is 35.5 Å². The molecule has 0 atom stereocenters. The zero-order chi connectivity index (χ0) is 9.35. The van der Waals surface area contributed by atoms with Crippen LogP contribution in [0.1, 0.15) is 20.8 Å². The van der Waals surface area contributed by atoms with Crippen molar-refractivity contribution in [1.29, 1.82) is 0 Å². The summed E-state index contributed by atoms with van der Waals surface area (Å²) in [5.74, 6) is -0.668. The zero-order valence-corrected chi connectivity index (χ0v) is 7.51. The Labute approximate surface area is 71.7 Å². The molecule has 0 aromatic rings. The van der Waals surface area contributed by atoms with E-state index in [0.29, 0.717) is 11.3 Å². The van der Waals surface area contributed by atoms with Crippen molar-refractivity contribution in [3.63, 3.8) is 0 Å². The van der Waals surface area contributed by atoms with E-state index in [1.807, 2.05) is 0 Å². The van der Waals surface area contributed by atoms with E-state index < -0.39 is 5.79 Å². The van der Waals surface area contributed by atoms with Crippen molar-refractivity contribution in [3.8, 4) is 0 Å². The maximum atomic E-state index is 11.2. The van der Waals surface area contributed by atoms with Crippen LogP contribution in [0.2, 0.25) is 0 Å². The first-order chi connectivity index (χ1) is 5.46. The molecule has 1 heterocycles. The third kappa shape index (κ3) is 1.49. The summed E-state index contributed by atoms with van der Waals surface area (Å²) >= 11 is 0. The summed E-state index contributed by atoms with van der Waals surface area (Å²) in [6.45, 7) is 8.59. The molecule has 0 amide bonds. The Morgan fingerprint density at radius 3 is 2.42 bits per heavy atom. The van der Waals surface area contributed by atoms with Gasteiger partial charge in [-0.3, -0.25) is 0 Å². The molecule has 1 rings (SSSR count). The zero-order valence-electron chi connectivity index (χ0n) is 7.51. The molecule has 1 aliphatic heterocycles. The Morgan fingerprint density at radius 1 is 1.42 bits per heavy atom. The molecule has 0 aromatic carbocycles. The van der Waals surface area contributed by atoms with Crippen molar-refractivity contribution in [2.24, 2.45) is 0 Å². The minimum Gasteiger partial charge on any atom is -0.457 e. The van der Waals surface area contributed by atoms with Crippen LogP contribution >= 0.6 is 0 Å². The maximum Gasteiger partial charge on any atom is 0.344 e. The van der Waals surface area contributed by atoms with Crippen LogP contribution in [0.3, 0.4) is 0 Å². The lowest BCUT2D eigenvalue weighted by molar-refractivity contribution is -0.206. The summed E-state index contributed by atoms with van der Waals surface area (Å²) < 4.78 is 10.3. The van der Waals surface area contributed by atoms with Crippen molar-refractivity contribution in [1.82, 2.24) is 0 Å². The molecular weight excluding hydrogens is 156 g/mol. The largest absolute Gasteiger partial charge is 0.457 e. The number of allylic oxidation sites excluding steroid dienone is 1. The van der Waals surface area contributed by atoms with Crippen LogP contribution < -0.4 is 0 Å². The van der Waals surface area contributed by atoms with Crippen molar-refractivity contribution >= 4 is 5.97 Å². The first-order valence-corrected chi connectivity index (χ1v) is 3.72. The molecule has 66 valence electrons. The molecule has 3 heteroatoms. The van der Waals surface area contributed by atoms with Crippen molar-refractivity contribution in [3.05, 3.63) is 24.0 Å². The van der Waals surface area contributed by atoms with E-state index >= 15 is 0 Å². The lowest BCUT2D eigenvalue weighted by Crippen LogP contribution is -2.35. The van der Waals surface area contributed by atoms with Crippen molar-refractivity contribution < 1.29 is 14.3 Å². The Bertz CT molecular complexity index is 261. The van der Waals surface area contributed by atoms with E-state index in [9.17, 15) is 4.79 Å². The molecule has 0 saturated carbocycles. The van der Waals surface area contributed by atoms with Gasteiger partial charge in [-0.15, -0.1) is 0 Å². The van der Waals surface area contributed by atoms with Crippen LogP contribution in [0.15, 0.2) is 24.0 Å². The quantitative estimate of drug-likeness (QED) is 0.559. The fourth-order valence-electron chi connectivity index (χ4n) is 1.09. The number of hydrogen-bond acceptors (Lipinski definition) is 3. The van der Waals surface area contributed by atoms with Gasteiger partial charge in [-0.25, -0.2) is 4.79 Å². The smallest absolute Gasteiger partial charge is 0.344 e. The lowest BCUT2D eigenvalue weighted by atomic mass is 10.2. The predicted molar refractivity (Wildman–Crippen MR) is 44.2 cm³/mol. The summed E-state index contributed by atoms with van der Waals surface area (Å²) in [6, 6.07) is 0. The van der Waals surface area contributed by atoms with E-state index in [0.717, 1.165) is 0 Å². The second kappa shape index (κ2) is 2.66. The summed E-state index contributed by atoms with van der Waals surface area (Å²) in [4.78, 5) is 11.2. The maximum absolute atomic E-state index is 11.2. The molecule has 0 unspecified atom stereocenters. The molecule has 12 heavy (non-hydrogen) atoms. The number of ether oxygens (including phenoxy) is 2. The van der Waals surface area contributed by atoms with Gasteiger partial charge in [0.15, 0.2) is 0 Å². The number of carbonyl (C=O) groups is 1. The van der Waals surface area contributed by atoms with Crippen LogP contribution in [-0.2, 0) is 14.3 Å². The molecule has 0 radical (unpaired) electrons. The third-order valence-corrected chi connectivity index (χ3v) is 1.54. The molecule has 3 nitrogen and oxygen atoms in total. The van der Waals surface area contributed by atoms with Gasteiger partial charge >= 0.3 is 5.97 Å². The van der Waals surface area contributed by atoms with E-state index in [1.54, 1.807) is 20.8 Å². The molecule has 0 saturated heterocycles. The van der Waals surface area contributed by atoms with Gasteiger partial charge in [0.25, 0.3) is 0 Å². The van der Waals surface area contributed by atoms with Crippen LogP contribution in [0, 0.1) is 0 Å². The van der Waals surface area contributed by atoms with E-state index in [2.05, 4.69) is 6.58 Å². The van der Waals surface area contributed by atoms with Gasteiger partial charge in [-0.1, -0.05) is 12.7 Å². The Hall–Kier alpha value is -1.25. The highest BCUT2D eigenvalue weighted by Crippen LogP contribution is 2.26. The number of rotatable bonds is 1. The van der Waals surface area contributed by atoms with Crippen molar-refractivity contribution in [2.45, 2.75) is 26.6 Å². The second-order valence-electron chi connectivity index (χ2n) is 3.07. The van der Waals surface area contributed by atoms with Crippen LogP contribution in [0.5, 0.6) is 0 Å². The minimum atomic E-state index is -0.853. The number of cyclic esters (lactones) is 1. The first-order valence-electron chi connectivity index (χ1n) is 3.72. The Balaban J connectivity index is 3.02. The summed E-state index contributed by atoms with van der Waals surface area (Å²) in [5, 5.41) is 0. The van der Waals surface area contributed by atoms with E-state index in [1.165, 1.54) is 6.08 Å². The van der Waals surface area contributed by atoms with Gasteiger partial charge in [0, 0.05) is 13.8 Å². The summed E-state index contributed by atoms with van der Waals surface area (Å²) in [7, 11) is 0. The fourth-order valence-corrected chi connectivity index (χ4v) is 1.09. The number of hydrogen-bond donors (Lipinski definition) is 0. The summed E-state index contributed by atoms with van der Waals surface area (Å²) in [5.41, 5.74) is 0.398. The van der Waals surface area contributed by atoms with E-state index in [4.69, 9.17) is 9.47 Å². The number of carbonyl (C=O) groups excluding carboxylic acids is 1. The molecule has 0 spiro atoms. The van der Waals surface area contributed by atoms with Gasteiger partial charge in [0.2, 0.25) is 5.79 Å². The van der Waals surface area contributed by atoms with Gasteiger partial charge in [-0.2, -0.15) is 0 Å².